The molecule has 9 heteroatoms. The van der Waals surface area contributed by atoms with Gasteiger partial charge >= 0.3 is 0 Å². The van der Waals surface area contributed by atoms with Gasteiger partial charge in [-0.3, -0.25) is 4.79 Å². The van der Waals surface area contributed by atoms with Crippen molar-refractivity contribution in [3.63, 3.8) is 0 Å². The quantitative estimate of drug-likeness (QED) is 0.704. The molecule has 0 spiro atoms. The second-order valence-corrected chi connectivity index (χ2v) is 13.1. The van der Waals surface area contributed by atoms with Gasteiger partial charge in [-0.1, -0.05) is 0 Å². The van der Waals surface area contributed by atoms with Crippen LogP contribution in [0.5, 0.6) is 5.75 Å². The Morgan fingerprint density at radius 1 is 1.18 bits per heavy atom. The molecule has 0 aromatic carbocycles. The Kier molecular flexibility index (Phi) is 5.14. The lowest BCUT2D eigenvalue weighted by Gasteiger charge is -2.55. The van der Waals surface area contributed by atoms with Gasteiger partial charge in [0.2, 0.25) is 15.9 Å². The van der Waals surface area contributed by atoms with E-state index in [1.807, 2.05) is 11.9 Å². The van der Waals surface area contributed by atoms with E-state index in [1.54, 1.807) is 6.07 Å². The molecule has 8 nitrogen and oxygen atoms in total. The van der Waals surface area contributed by atoms with Crippen LogP contribution >= 0.6 is 0 Å². The SMILES string of the molecule is CN1CCOc2cc(S(=O)(=O)N3CCC(CNC(=O)C45CC6CC(CC(C6)C4)C5)C3)cnc21. The van der Waals surface area contributed by atoms with Gasteiger partial charge in [-0.25, -0.2) is 13.4 Å². The zero-order valence-corrected chi connectivity index (χ0v) is 20.1. The Hall–Kier alpha value is -1.87. The number of aromatic nitrogens is 1. The number of amides is 1. The first kappa shape index (κ1) is 21.6. The van der Waals surface area contributed by atoms with Crippen molar-refractivity contribution in [2.75, 3.05) is 44.7 Å². The first-order valence-electron chi connectivity index (χ1n) is 12.4. The van der Waals surface area contributed by atoms with E-state index in [9.17, 15) is 13.2 Å². The number of hydrogen-bond acceptors (Lipinski definition) is 6. The van der Waals surface area contributed by atoms with E-state index in [0.717, 1.165) is 50.0 Å². The molecule has 4 bridgehead atoms. The van der Waals surface area contributed by atoms with E-state index in [0.29, 0.717) is 37.8 Å². The maximum atomic E-state index is 13.2. The summed E-state index contributed by atoms with van der Waals surface area (Å²) in [6.07, 6.45) is 9.32. The number of carbonyl (C=O) groups excluding carboxylic acids is 1. The Balaban J connectivity index is 1.09. The number of carbonyl (C=O) groups is 1. The van der Waals surface area contributed by atoms with Gasteiger partial charge in [-0.2, -0.15) is 4.31 Å². The standard InChI is InChI=1S/C24H34N4O4S/c1-27-4-5-32-21-9-20(14-25-22(21)27)33(30,31)28-3-2-16(15-28)13-26-23(29)24-10-17-6-18(11-24)8-19(7-17)12-24/h9,14,16-19H,2-8,10-13,15H2,1H3,(H,26,29). The minimum absolute atomic E-state index is 0.144. The zero-order valence-electron chi connectivity index (χ0n) is 19.3. The van der Waals surface area contributed by atoms with Crippen LogP contribution in [0.1, 0.15) is 44.9 Å². The predicted octanol–water partition coefficient (Wildman–Crippen LogP) is 2.25. The number of fused-ring (bicyclic) bond motifs is 1. The van der Waals surface area contributed by atoms with Gasteiger partial charge in [0.05, 0.1) is 6.54 Å². The van der Waals surface area contributed by atoms with Gasteiger partial charge in [-0.05, 0) is 68.6 Å². The largest absolute Gasteiger partial charge is 0.488 e. The summed E-state index contributed by atoms with van der Waals surface area (Å²) in [7, 11) is -1.72. The van der Waals surface area contributed by atoms with Crippen molar-refractivity contribution in [1.29, 1.82) is 0 Å². The minimum Gasteiger partial charge on any atom is -0.488 e. The molecule has 33 heavy (non-hydrogen) atoms. The third-order valence-electron chi connectivity index (χ3n) is 8.81. The van der Waals surface area contributed by atoms with E-state index in [2.05, 4.69) is 10.3 Å². The molecule has 1 aromatic heterocycles. The molecule has 3 heterocycles. The third-order valence-corrected chi connectivity index (χ3v) is 10.6. The highest BCUT2D eigenvalue weighted by atomic mass is 32.2. The highest BCUT2D eigenvalue weighted by molar-refractivity contribution is 7.89. The summed E-state index contributed by atoms with van der Waals surface area (Å²) in [5.41, 5.74) is -0.152. The average molecular weight is 475 g/mol. The normalized spacial score (nSPS) is 35.4. The molecule has 6 aliphatic rings. The third kappa shape index (κ3) is 3.71. The summed E-state index contributed by atoms with van der Waals surface area (Å²) in [4.78, 5) is 19.7. The van der Waals surface area contributed by atoms with Crippen LogP contribution in [0.3, 0.4) is 0 Å². The molecule has 5 fully saturated rings. The van der Waals surface area contributed by atoms with E-state index in [1.165, 1.54) is 29.8 Å². The van der Waals surface area contributed by atoms with Gasteiger partial charge in [0.15, 0.2) is 11.6 Å². The van der Waals surface area contributed by atoms with Gasteiger partial charge in [0.1, 0.15) is 11.5 Å². The van der Waals surface area contributed by atoms with E-state index in [-0.39, 0.29) is 22.1 Å². The lowest BCUT2D eigenvalue weighted by Crippen LogP contribution is -2.54. The molecule has 2 aliphatic heterocycles. The lowest BCUT2D eigenvalue weighted by molar-refractivity contribution is -0.146. The van der Waals surface area contributed by atoms with Crippen molar-refractivity contribution in [1.82, 2.24) is 14.6 Å². The van der Waals surface area contributed by atoms with Gasteiger partial charge in [0.25, 0.3) is 0 Å². The first-order valence-corrected chi connectivity index (χ1v) is 13.9. The van der Waals surface area contributed by atoms with Crippen molar-refractivity contribution < 1.29 is 17.9 Å². The smallest absolute Gasteiger partial charge is 0.244 e. The van der Waals surface area contributed by atoms with E-state index in [4.69, 9.17) is 4.74 Å². The first-order chi connectivity index (χ1) is 15.8. The zero-order chi connectivity index (χ0) is 22.8. The summed E-state index contributed by atoms with van der Waals surface area (Å²) >= 11 is 0. The summed E-state index contributed by atoms with van der Waals surface area (Å²) < 4.78 is 33.7. The molecule has 4 aliphatic carbocycles. The maximum Gasteiger partial charge on any atom is 0.244 e. The fourth-order valence-corrected chi connectivity index (χ4v) is 8.99. The number of pyridine rings is 1. The summed E-state index contributed by atoms with van der Waals surface area (Å²) in [5.74, 6) is 3.78. The molecule has 4 saturated carbocycles. The molecule has 1 amide bonds. The Morgan fingerprint density at radius 3 is 2.58 bits per heavy atom. The molecule has 1 saturated heterocycles. The monoisotopic (exact) mass is 474 g/mol. The Morgan fingerprint density at radius 2 is 1.88 bits per heavy atom. The number of hydrogen-bond donors (Lipinski definition) is 1. The molecule has 7 rings (SSSR count). The van der Waals surface area contributed by atoms with E-state index >= 15 is 0 Å². The number of rotatable bonds is 5. The number of nitrogens with one attached hydrogen (secondary N) is 1. The van der Waals surface area contributed by atoms with Crippen LogP contribution in [-0.4, -0.2) is 63.4 Å². The van der Waals surface area contributed by atoms with Crippen molar-refractivity contribution in [2.24, 2.45) is 29.1 Å². The van der Waals surface area contributed by atoms with Crippen LogP contribution < -0.4 is 15.0 Å². The van der Waals surface area contributed by atoms with Crippen molar-refractivity contribution in [3.05, 3.63) is 12.3 Å². The number of nitrogens with zero attached hydrogens (tertiary/aromatic N) is 3. The van der Waals surface area contributed by atoms with Crippen molar-refractivity contribution in [2.45, 2.75) is 49.8 Å². The summed E-state index contributed by atoms with van der Waals surface area (Å²) in [6.45, 7) is 2.71. The van der Waals surface area contributed by atoms with Gasteiger partial charge in [0, 0.05) is 44.4 Å². The van der Waals surface area contributed by atoms with Crippen LogP contribution in [0.4, 0.5) is 5.82 Å². The second-order valence-electron chi connectivity index (χ2n) is 11.2. The van der Waals surface area contributed by atoms with Gasteiger partial charge < -0.3 is 15.0 Å². The molecule has 1 aromatic rings. The molecular weight excluding hydrogens is 440 g/mol. The Bertz CT molecular complexity index is 1020. The van der Waals surface area contributed by atoms with Crippen molar-refractivity contribution >= 4 is 21.7 Å². The van der Waals surface area contributed by atoms with Crippen molar-refractivity contribution in [3.8, 4) is 5.75 Å². The van der Waals surface area contributed by atoms with Gasteiger partial charge in [-0.15, -0.1) is 0 Å². The second kappa shape index (κ2) is 7.83. The average Bonchev–Trinajstić information content (AvgIpc) is 3.26. The van der Waals surface area contributed by atoms with Crippen LogP contribution in [0.15, 0.2) is 17.2 Å². The molecule has 1 N–H and O–H groups in total. The highest BCUT2D eigenvalue weighted by Crippen LogP contribution is 2.60. The summed E-state index contributed by atoms with van der Waals surface area (Å²) in [6, 6.07) is 1.59. The fraction of sp³-hybridized carbons (Fsp3) is 0.750. The van der Waals surface area contributed by atoms with E-state index < -0.39 is 10.0 Å². The fourth-order valence-electron chi connectivity index (χ4n) is 7.50. The molecular formula is C24H34N4O4S. The topological polar surface area (TPSA) is 91.8 Å². The van der Waals surface area contributed by atoms with Crippen LogP contribution in [0, 0.1) is 29.1 Å². The lowest BCUT2D eigenvalue weighted by atomic mass is 9.49. The van der Waals surface area contributed by atoms with Crippen LogP contribution in [0.25, 0.3) is 0 Å². The highest BCUT2D eigenvalue weighted by Gasteiger charge is 2.54. The number of likely N-dealkylation sites (N-methyl/N-ethyl adjacent to an activating group) is 1. The number of ether oxygens (including phenoxy) is 1. The van der Waals surface area contributed by atoms with Crippen LogP contribution in [0.2, 0.25) is 0 Å². The molecule has 1 atom stereocenters. The maximum absolute atomic E-state index is 13.2. The minimum atomic E-state index is -3.64. The molecule has 1 unspecified atom stereocenters. The van der Waals surface area contributed by atoms with Crippen LogP contribution in [-0.2, 0) is 14.8 Å². The summed E-state index contributed by atoms with van der Waals surface area (Å²) in [5, 5.41) is 3.24. The predicted molar refractivity (Wildman–Crippen MR) is 123 cm³/mol. The Labute approximate surface area is 196 Å². The molecule has 180 valence electrons. The number of anilines is 1. The molecule has 0 radical (unpaired) electrons. The number of sulfonamides is 1.